The molecule has 2 heterocycles. The van der Waals surface area contributed by atoms with Gasteiger partial charge < -0.3 is 24.1 Å². The number of carbonyl (C=O) groups excluding carboxylic acids is 1. The van der Waals surface area contributed by atoms with Crippen molar-refractivity contribution in [2.75, 3.05) is 6.61 Å². The monoisotopic (exact) mass is 273 g/mol. The summed E-state index contributed by atoms with van der Waals surface area (Å²) in [6.45, 7) is 3.12. The highest BCUT2D eigenvalue weighted by atomic mass is 16.7. The normalized spacial score (nSPS) is 41.8. The highest BCUT2D eigenvalue weighted by Gasteiger charge is 2.50. The third kappa shape index (κ3) is 2.96. The molecule has 0 amide bonds. The lowest BCUT2D eigenvalue weighted by Crippen LogP contribution is -2.62. The fourth-order valence-electron chi connectivity index (χ4n) is 2.21. The van der Waals surface area contributed by atoms with E-state index in [0.717, 1.165) is 0 Å². The Kier molecular flexibility index (Phi) is 4.23. The van der Waals surface area contributed by atoms with Gasteiger partial charge in [0.1, 0.15) is 24.4 Å². The molecule has 0 aromatic heterocycles. The summed E-state index contributed by atoms with van der Waals surface area (Å²) in [4.78, 5) is 13.8. The Balaban J connectivity index is 2.24. The number of esters is 1. The summed E-state index contributed by atoms with van der Waals surface area (Å²) < 4.78 is 21.1. The lowest BCUT2D eigenvalue weighted by molar-refractivity contribution is -0.329. The molecule has 106 valence electrons. The zero-order valence-electron chi connectivity index (χ0n) is 10.5. The molecule has 0 spiro atoms. The summed E-state index contributed by atoms with van der Waals surface area (Å²) in [5.41, 5.74) is 8.52. The van der Waals surface area contributed by atoms with Gasteiger partial charge in [0.25, 0.3) is 0 Å². The summed E-state index contributed by atoms with van der Waals surface area (Å²) in [6.07, 6.45) is -4.01. The average molecular weight is 273 g/mol. The molecule has 2 aliphatic heterocycles. The molecule has 0 aromatic carbocycles. The Morgan fingerprint density at radius 3 is 2.89 bits per heavy atom. The van der Waals surface area contributed by atoms with E-state index in [-0.39, 0.29) is 6.61 Å². The number of nitrogens with zero attached hydrogens (tertiary/aromatic N) is 3. The molecule has 1 unspecified atom stereocenters. The number of aliphatic hydroxyl groups excluding tert-OH is 1. The van der Waals surface area contributed by atoms with Gasteiger partial charge in [-0.15, -0.1) is 0 Å². The summed E-state index contributed by atoms with van der Waals surface area (Å²) in [7, 11) is 0. The number of azide groups is 1. The van der Waals surface area contributed by atoms with Crippen LogP contribution in [-0.4, -0.2) is 54.6 Å². The summed E-state index contributed by atoms with van der Waals surface area (Å²) in [5.74, 6) is -0.557. The van der Waals surface area contributed by atoms with E-state index in [4.69, 9.17) is 24.5 Å². The van der Waals surface area contributed by atoms with Crippen LogP contribution in [0.1, 0.15) is 13.8 Å². The van der Waals surface area contributed by atoms with Gasteiger partial charge in [-0.25, -0.2) is 0 Å². The van der Waals surface area contributed by atoms with Gasteiger partial charge in [-0.3, -0.25) is 4.79 Å². The van der Waals surface area contributed by atoms with Crippen molar-refractivity contribution >= 4 is 5.97 Å². The van der Waals surface area contributed by atoms with Crippen LogP contribution in [0.2, 0.25) is 0 Å². The molecule has 0 bridgehead atoms. The molecule has 19 heavy (non-hydrogen) atoms. The van der Waals surface area contributed by atoms with E-state index in [1.807, 2.05) is 0 Å². The van der Waals surface area contributed by atoms with Crippen LogP contribution in [0.3, 0.4) is 0 Å². The number of hydrogen-bond acceptors (Lipinski definition) is 7. The topological polar surface area (TPSA) is 123 Å². The molecule has 0 aliphatic carbocycles. The minimum Gasteiger partial charge on any atom is -0.459 e. The molecule has 9 heteroatoms. The Morgan fingerprint density at radius 1 is 1.53 bits per heavy atom. The highest BCUT2D eigenvalue weighted by molar-refractivity contribution is 5.66. The van der Waals surface area contributed by atoms with Crippen LogP contribution >= 0.6 is 0 Å². The average Bonchev–Trinajstić information content (AvgIpc) is 2.34. The minimum absolute atomic E-state index is 0.198. The van der Waals surface area contributed by atoms with Crippen molar-refractivity contribution in [2.24, 2.45) is 5.11 Å². The van der Waals surface area contributed by atoms with Crippen molar-refractivity contribution in [1.29, 1.82) is 0 Å². The fraction of sp³-hybridized carbons (Fsp3) is 0.900. The SMILES string of the molecule is CC(=O)O[C@H]1[C@H](N=[N+]=[N-])[C@@H](O)O[C@@H]2COC(C)O[C@@H]12. The number of hydrogen-bond donors (Lipinski definition) is 1. The molecule has 9 nitrogen and oxygen atoms in total. The Bertz CT molecular complexity index is 399. The highest BCUT2D eigenvalue weighted by Crippen LogP contribution is 2.31. The van der Waals surface area contributed by atoms with E-state index in [9.17, 15) is 9.90 Å². The maximum absolute atomic E-state index is 11.2. The van der Waals surface area contributed by atoms with E-state index < -0.39 is 42.9 Å². The second-order valence-corrected chi connectivity index (χ2v) is 4.34. The quantitative estimate of drug-likeness (QED) is 0.329. The maximum atomic E-state index is 11.2. The van der Waals surface area contributed by atoms with Gasteiger partial charge in [0.2, 0.25) is 0 Å². The van der Waals surface area contributed by atoms with Gasteiger partial charge >= 0.3 is 5.97 Å². The third-order valence-electron chi connectivity index (χ3n) is 2.96. The van der Waals surface area contributed by atoms with Crippen molar-refractivity contribution in [2.45, 2.75) is 50.8 Å². The second-order valence-electron chi connectivity index (χ2n) is 4.34. The first-order chi connectivity index (χ1) is 9.02. The third-order valence-corrected chi connectivity index (χ3v) is 2.96. The first kappa shape index (κ1) is 14.0. The van der Waals surface area contributed by atoms with Gasteiger partial charge in [0, 0.05) is 11.8 Å². The van der Waals surface area contributed by atoms with E-state index in [1.54, 1.807) is 6.92 Å². The molecule has 1 N–H and O–H groups in total. The zero-order chi connectivity index (χ0) is 14.0. The van der Waals surface area contributed by atoms with Gasteiger partial charge in [-0.2, -0.15) is 0 Å². The lowest BCUT2D eigenvalue weighted by Gasteiger charge is -2.45. The van der Waals surface area contributed by atoms with Crippen LogP contribution in [0.15, 0.2) is 5.11 Å². The molecular formula is C10H15N3O6. The molecule has 0 saturated carbocycles. The number of aliphatic hydroxyl groups is 1. The zero-order valence-corrected chi connectivity index (χ0v) is 10.5. The molecule has 2 rings (SSSR count). The minimum atomic E-state index is -1.37. The molecule has 6 atom stereocenters. The Labute approximate surface area is 109 Å². The van der Waals surface area contributed by atoms with Crippen LogP contribution in [0.25, 0.3) is 10.4 Å². The van der Waals surface area contributed by atoms with E-state index in [2.05, 4.69) is 10.0 Å². The van der Waals surface area contributed by atoms with Crippen LogP contribution in [0.4, 0.5) is 0 Å². The van der Waals surface area contributed by atoms with Gasteiger partial charge in [0.15, 0.2) is 12.6 Å². The number of ether oxygens (including phenoxy) is 4. The number of rotatable bonds is 2. The molecule has 0 radical (unpaired) electrons. The molecule has 2 saturated heterocycles. The summed E-state index contributed by atoms with van der Waals surface area (Å²) in [6, 6.07) is -1.06. The van der Waals surface area contributed by atoms with Crippen molar-refractivity contribution in [1.82, 2.24) is 0 Å². The number of fused-ring (bicyclic) bond motifs is 1. The van der Waals surface area contributed by atoms with Crippen molar-refractivity contribution in [3.05, 3.63) is 10.4 Å². The smallest absolute Gasteiger partial charge is 0.303 e. The maximum Gasteiger partial charge on any atom is 0.303 e. The fourth-order valence-corrected chi connectivity index (χ4v) is 2.21. The van der Waals surface area contributed by atoms with Gasteiger partial charge in [-0.05, 0) is 12.5 Å². The summed E-state index contributed by atoms with van der Waals surface area (Å²) >= 11 is 0. The first-order valence-electron chi connectivity index (χ1n) is 5.85. The van der Waals surface area contributed by atoms with Crippen LogP contribution in [-0.2, 0) is 23.7 Å². The van der Waals surface area contributed by atoms with Crippen molar-refractivity contribution in [3.63, 3.8) is 0 Å². The molecule has 2 aliphatic rings. The van der Waals surface area contributed by atoms with Crippen LogP contribution < -0.4 is 0 Å². The van der Waals surface area contributed by atoms with E-state index >= 15 is 0 Å². The lowest BCUT2D eigenvalue weighted by atomic mass is 9.96. The molecule has 2 fully saturated rings. The van der Waals surface area contributed by atoms with E-state index in [0.29, 0.717) is 0 Å². The molecule has 0 aromatic rings. The van der Waals surface area contributed by atoms with Crippen LogP contribution in [0, 0.1) is 0 Å². The predicted molar refractivity (Wildman–Crippen MR) is 59.7 cm³/mol. The Morgan fingerprint density at radius 2 is 2.26 bits per heavy atom. The predicted octanol–water partition coefficient (Wildman–Crippen LogP) is 0.0756. The standard InChI is InChI=1S/C10H15N3O6/c1-4(14)17-9-7(12-13-11)10(15)19-6-3-16-5(2)18-8(6)9/h5-10,15H,3H2,1-2H3/t5?,6-,7+,8-,9+,10+/m1/s1. The van der Waals surface area contributed by atoms with Gasteiger partial charge in [0.05, 0.1) is 6.61 Å². The largest absolute Gasteiger partial charge is 0.459 e. The van der Waals surface area contributed by atoms with Crippen molar-refractivity contribution < 1.29 is 28.8 Å². The van der Waals surface area contributed by atoms with Crippen LogP contribution in [0.5, 0.6) is 0 Å². The second kappa shape index (κ2) is 5.72. The number of carbonyl (C=O) groups is 1. The van der Waals surface area contributed by atoms with E-state index in [1.165, 1.54) is 6.92 Å². The molecular weight excluding hydrogens is 258 g/mol. The summed E-state index contributed by atoms with van der Waals surface area (Å²) in [5, 5.41) is 13.2. The van der Waals surface area contributed by atoms with Crippen molar-refractivity contribution in [3.8, 4) is 0 Å². The Hall–Kier alpha value is -1.38. The first-order valence-corrected chi connectivity index (χ1v) is 5.85. The van der Waals surface area contributed by atoms with Gasteiger partial charge in [-0.1, -0.05) is 5.11 Å².